The summed E-state index contributed by atoms with van der Waals surface area (Å²) in [7, 11) is 0. The van der Waals surface area contributed by atoms with Crippen LogP contribution in [0.3, 0.4) is 0 Å². The minimum Gasteiger partial charge on any atom is -0.478 e. The molecule has 2 heterocycles. The van der Waals surface area contributed by atoms with E-state index >= 15 is 0 Å². The fourth-order valence-corrected chi connectivity index (χ4v) is 2.41. The van der Waals surface area contributed by atoms with Crippen molar-refractivity contribution in [2.45, 2.75) is 19.8 Å². The molecule has 1 aromatic heterocycles. The molecular formula is C14H25N5O. The van der Waals surface area contributed by atoms with Gasteiger partial charge in [-0.25, -0.2) is 9.97 Å². The highest BCUT2D eigenvalue weighted by atomic mass is 16.5. The van der Waals surface area contributed by atoms with Crippen LogP contribution in [0, 0.1) is 0 Å². The second-order valence-corrected chi connectivity index (χ2v) is 4.97. The Morgan fingerprint density at radius 2 is 2.00 bits per heavy atom. The zero-order valence-corrected chi connectivity index (χ0v) is 12.3. The fourth-order valence-electron chi connectivity index (χ4n) is 2.41. The highest BCUT2D eigenvalue weighted by Gasteiger charge is 2.18. The van der Waals surface area contributed by atoms with E-state index < -0.39 is 0 Å². The van der Waals surface area contributed by atoms with Gasteiger partial charge in [-0.05, 0) is 32.9 Å². The van der Waals surface area contributed by atoms with E-state index in [4.69, 9.17) is 10.5 Å². The maximum absolute atomic E-state index is 5.53. The van der Waals surface area contributed by atoms with Gasteiger partial charge in [0, 0.05) is 32.2 Å². The summed E-state index contributed by atoms with van der Waals surface area (Å²) in [5.41, 5.74) is 5.53. The van der Waals surface area contributed by atoms with Crippen LogP contribution in [0.25, 0.3) is 0 Å². The van der Waals surface area contributed by atoms with Crippen molar-refractivity contribution in [1.82, 2.24) is 14.9 Å². The van der Waals surface area contributed by atoms with Gasteiger partial charge in [-0.15, -0.1) is 0 Å². The summed E-state index contributed by atoms with van der Waals surface area (Å²) in [4.78, 5) is 13.2. The van der Waals surface area contributed by atoms with E-state index in [9.17, 15) is 0 Å². The summed E-state index contributed by atoms with van der Waals surface area (Å²) in [6.45, 7) is 8.71. The van der Waals surface area contributed by atoms with Gasteiger partial charge in [0.1, 0.15) is 12.1 Å². The normalized spacial score (nSPS) is 16.4. The van der Waals surface area contributed by atoms with Crippen molar-refractivity contribution in [2.24, 2.45) is 5.73 Å². The molecule has 1 fully saturated rings. The summed E-state index contributed by atoms with van der Waals surface area (Å²) in [5, 5.41) is 0. The van der Waals surface area contributed by atoms with Crippen LogP contribution in [0.4, 0.5) is 5.82 Å². The van der Waals surface area contributed by atoms with Crippen molar-refractivity contribution in [1.29, 1.82) is 0 Å². The Labute approximate surface area is 120 Å². The van der Waals surface area contributed by atoms with Gasteiger partial charge in [0.25, 0.3) is 0 Å². The molecule has 1 aliphatic heterocycles. The predicted molar refractivity (Wildman–Crippen MR) is 80.1 cm³/mol. The Morgan fingerprint density at radius 1 is 1.20 bits per heavy atom. The predicted octanol–water partition coefficient (Wildman–Crippen LogP) is 0.736. The monoisotopic (exact) mass is 279 g/mol. The lowest BCUT2D eigenvalue weighted by Crippen LogP contribution is -2.47. The zero-order valence-electron chi connectivity index (χ0n) is 12.3. The molecule has 1 saturated heterocycles. The first kappa shape index (κ1) is 15.0. The number of nitrogens with two attached hydrogens (primary N) is 1. The number of hydrogen-bond donors (Lipinski definition) is 1. The molecule has 0 atom stereocenters. The number of aromatic nitrogens is 2. The van der Waals surface area contributed by atoms with Crippen LogP contribution in [-0.4, -0.2) is 60.7 Å². The standard InChI is InChI=1S/C14H25N5O/c1-2-20-14-11-13(16-12-17-14)19-9-7-18(8-10-19)6-4-3-5-15/h11-12H,2-10,15H2,1H3. The molecule has 2 rings (SSSR count). The van der Waals surface area contributed by atoms with E-state index in [1.165, 1.54) is 6.42 Å². The molecular weight excluding hydrogens is 254 g/mol. The van der Waals surface area contributed by atoms with E-state index in [0.29, 0.717) is 12.5 Å². The van der Waals surface area contributed by atoms with Gasteiger partial charge in [-0.3, -0.25) is 4.90 Å². The van der Waals surface area contributed by atoms with Crippen molar-refractivity contribution in [3.8, 4) is 5.88 Å². The van der Waals surface area contributed by atoms with Crippen LogP contribution >= 0.6 is 0 Å². The van der Waals surface area contributed by atoms with Gasteiger partial charge in [0.05, 0.1) is 6.61 Å². The molecule has 0 saturated carbocycles. The topological polar surface area (TPSA) is 67.5 Å². The molecule has 0 aromatic carbocycles. The average molecular weight is 279 g/mol. The van der Waals surface area contributed by atoms with E-state index in [2.05, 4.69) is 19.8 Å². The quantitative estimate of drug-likeness (QED) is 0.742. The molecule has 20 heavy (non-hydrogen) atoms. The second-order valence-electron chi connectivity index (χ2n) is 4.97. The summed E-state index contributed by atoms with van der Waals surface area (Å²) in [6.07, 6.45) is 3.89. The highest BCUT2D eigenvalue weighted by molar-refractivity contribution is 5.41. The first-order chi connectivity index (χ1) is 9.83. The average Bonchev–Trinajstić information content (AvgIpc) is 2.49. The molecule has 0 unspecified atom stereocenters. The lowest BCUT2D eigenvalue weighted by atomic mass is 10.2. The number of piperazine rings is 1. The van der Waals surface area contributed by atoms with Crippen LogP contribution in [-0.2, 0) is 0 Å². The van der Waals surface area contributed by atoms with E-state index in [1.54, 1.807) is 6.33 Å². The Balaban J connectivity index is 1.82. The number of anilines is 1. The Hall–Kier alpha value is -1.40. The van der Waals surface area contributed by atoms with Crippen molar-refractivity contribution in [3.05, 3.63) is 12.4 Å². The number of unbranched alkanes of at least 4 members (excludes halogenated alkanes) is 1. The zero-order chi connectivity index (χ0) is 14.2. The molecule has 2 N–H and O–H groups in total. The van der Waals surface area contributed by atoms with Crippen molar-refractivity contribution >= 4 is 5.82 Å². The third-order valence-electron chi connectivity index (χ3n) is 3.54. The maximum Gasteiger partial charge on any atom is 0.218 e. The number of ether oxygens (including phenoxy) is 1. The first-order valence-electron chi connectivity index (χ1n) is 7.45. The minimum absolute atomic E-state index is 0.630. The molecule has 6 nitrogen and oxygen atoms in total. The second kappa shape index (κ2) is 8.01. The molecule has 0 aliphatic carbocycles. The largest absolute Gasteiger partial charge is 0.478 e. The van der Waals surface area contributed by atoms with Crippen LogP contribution in [0.15, 0.2) is 12.4 Å². The number of nitrogens with zero attached hydrogens (tertiary/aromatic N) is 4. The molecule has 0 spiro atoms. The minimum atomic E-state index is 0.630. The lowest BCUT2D eigenvalue weighted by molar-refractivity contribution is 0.252. The third-order valence-corrected chi connectivity index (χ3v) is 3.54. The van der Waals surface area contributed by atoms with E-state index in [1.807, 2.05) is 13.0 Å². The van der Waals surface area contributed by atoms with Gasteiger partial charge >= 0.3 is 0 Å². The fraction of sp³-hybridized carbons (Fsp3) is 0.714. The molecule has 1 aromatic rings. The summed E-state index contributed by atoms with van der Waals surface area (Å²) < 4.78 is 5.42. The summed E-state index contributed by atoms with van der Waals surface area (Å²) in [5.74, 6) is 1.62. The maximum atomic E-state index is 5.53. The smallest absolute Gasteiger partial charge is 0.218 e. The molecule has 6 heteroatoms. The van der Waals surface area contributed by atoms with Crippen LogP contribution < -0.4 is 15.4 Å². The van der Waals surface area contributed by atoms with E-state index in [0.717, 1.165) is 51.5 Å². The van der Waals surface area contributed by atoms with E-state index in [-0.39, 0.29) is 0 Å². The number of hydrogen-bond acceptors (Lipinski definition) is 6. The molecule has 1 aliphatic rings. The number of rotatable bonds is 7. The SMILES string of the molecule is CCOc1cc(N2CCN(CCCCN)CC2)ncn1. The Bertz CT molecular complexity index is 393. The summed E-state index contributed by atoms with van der Waals surface area (Å²) >= 11 is 0. The van der Waals surface area contributed by atoms with Gasteiger partial charge in [0.15, 0.2) is 0 Å². The molecule has 112 valence electrons. The Morgan fingerprint density at radius 3 is 2.70 bits per heavy atom. The van der Waals surface area contributed by atoms with Crippen molar-refractivity contribution in [2.75, 3.05) is 50.8 Å². The highest BCUT2D eigenvalue weighted by Crippen LogP contribution is 2.17. The molecule has 0 bridgehead atoms. The van der Waals surface area contributed by atoms with Gasteiger partial charge in [0.2, 0.25) is 5.88 Å². The van der Waals surface area contributed by atoms with Crippen LogP contribution in [0.2, 0.25) is 0 Å². The van der Waals surface area contributed by atoms with Gasteiger partial charge < -0.3 is 15.4 Å². The third kappa shape index (κ3) is 4.31. The lowest BCUT2D eigenvalue weighted by Gasteiger charge is -2.35. The Kier molecular flexibility index (Phi) is 6.01. The molecule has 0 radical (unpaired) electrons. The van der Waals surface area contributed by atoms with Crippen LogP contribution in [0.5, 0.6) is 5.88 Å². The van der Waals surface area contributed by atoms with Crippen molar-refractivity contribution in [3.63, 3.8) is 0 Å². The molecule has 0 amide bonds. The van der Waals surface area contributed by atoms with Gasteiger partial charge in [-0.2, -0.15) is 0 Å². The van der Waals surface area contributed by atoms with Crippen LogP contribution in [0.1, 0.15) is 19.8 Å². The first-order valence-corrected chi connectivity index (χ1v) is 7.45. The summed E-state index contributed by atoms with van der Waals surface area (Å²) in [6, 6.07) is 1.92. The van der Waals surface area contributed by atoms with Crippen molar-refractivity contribution < 1.29 is 4.74 Å². The van der Waals surface area contributed by atoms with Gasteiger partial charge in [-0.1, -0.05) is 0 Å².